The summed E-state index contributed by atoms with van der Waals surface area (Å²) in [5.74, 6) is 0.124. The van der Waals surface area contributed by atoms with Gasteiger partial charge in [-0.15, -0.1) is 0 Å². The summed E-state index contributed by atoms with van der Waals surface area (Å²) in [4.78, 5) is 29.5. The average molecular weight is 406 g/mol. The van der Waals surface area contributed by atoms with Crippen molar-refractivity contribution in [3.63, 3.8) is 0 Å². The van der Waals surface area contributed by atoms with Crippen LogP contribution in [-0.2, 0) is 4.74 Å². The van der Waals surface area contributed by atoms with E-state index in [9.17, 15) is 9.59 Å². The molecule has 1 aromatic heterocycles. The number of carbonyl (C=O) groups excluding carboxylic acids is 2. The lowest BCUT2D eigenvalue weighted by Gasteiger charge is -2.48. The van der Waals surface area contributed by atoms with Crippen LogP contribution in [-0.4, -0.2) is 65.2 Å². The maximum Gasteiger partial charge on any atom is 0.318 e. The first-order valence-corrected chi connectivity index (χ1v) is 11.5. The quantitative estimate of drug-likeness (QED) is 0.834. The van der Waals surface area contributed by atoms with Crippen LogP contribution >= 0.6 is 11.3 Å². The molecule has 1 unspecified atom stereocenters. The Morgan fingerprint density at radius 2 is 2.00 bits per heavy atom. The lowest BCUT2D eigenvalue weighted by molar-refractivity contribution is -0.126. The van der Waals surface area contributed by atoms with Crippen LogP contribution < -0.4 is 5.32 Å². The minimum Gasteiger partial charge on any atom is -0.375 e. The lowest BCUT2D eigenvalue weighted by Crippen LogP contribution is -2.57. The predicted molar refractivity (Wildman–Crippen MR) is 110 cm³/mol. The number of piperidine rings is 1. The van der Waals surface area contributed by atoms with E-state index in [1.807, 2.05) is 35.6 Å². The van der Waals surface area contributed by atoms with Crippen molar-refractivity contribution in [2.45, 2.75) is 76.1 Å². The second-order valence-electron chi connectivity index (χ2n) is 8.72. The van der Waals surface area contributed by atoms with Crippen LogP contribution in [0.25, 0.3) is 0 Å². The Bertz CT molecular complexity index is 694. The molecule has 3 aliphatic rings. The predicted octanol–water partition coefficient (Wildman–Crippen LogP) is 3.48. The van der Waals surface area contributed by atoms with Gasteiger partial charge in [0.2, 0.25) is 0 Å². The molecule has 1 N–H and O–H groups in total. The number of hydrogen-bond donors (Lipinski definition) is 1. The zero-order valence-electron chi connectivity index (χ0n) is 16.9. The minimum absolute atomic E-state index is 0.0737. The van der Waals surface area contributed by atoms with E-state index in [0.717, 1.165) is 57.2 Å². The first-order chi connectivity index (χ1) is 13.5. The molecule has 2 aliphatic heterocycles. The van der Waals surface area contributed by atoms with Crippen molar-refractivity contribution in [2.24, 2.45) is 0 Å². The van der Waals surface area contributed by atoms with Crippen LogP contribution in [0.1, 0.15) is 62.7 Å². The number of nitrogens with one attached hydrogen (secondary N) is 1. The Morgan fingerprint density at radius 1 is 1.25 bits per heavy atom. The van der Waals surface area contributed by atoms with Gasteiger partial charge in [-0.1, -0.05) is 0 Å². The van der Waals surface area contributed by atoms with Gasteiger partial charge in [0.25, 0.3) is 5.91 Å². The molecular formula is C21H31N3O3S. The number of nitrogens with zero attached hydrogens (tertiary/aromatic N) is 2. The fourth-order valence-electron chi connectivity index (χ4n) is 4.58. The molecule has 1 spiro atoms. The SMILES string of the molecule is CC(C)NC(=O)N(C1CC1)C1CCOC2(CCN(C(=O)c3ccsc3)CC2)C1. The lowest BCUT2D eigenvalue weighted by atomic mass is 9.81. The summed E-state index contributed by atoms with van der Waals surface area (Å²) in [7, 11) is 0. The molecule has 1 atom stereocenters. The molecule has 1 saturated carbocycles. The molecule has 4 rings (SSSR count). The highest BCUT2D eigenvalue weighted by Gasteiger charge is 2.46. The van der Waals surface area contributed by atoms with Crippen molar-refractivity contribution in [2.75, 3.05) is 19.7 Å². The molecular weight excluding hydrogens is 374 g/mol. The van der Waals surface area contributed by atoms with Gasteiger partial charge in [-0.25, -0.2) is 4.79 Å². The van der Waals surface area contributed by atoms with Crippen molar-refractivity contribution >= 4 is 23.3 Å². The smallest absolute Gasteiger partial charge is 0.318 e. The number of carbonyl (C=O) groups is 2. The van der Waals surface area contributed by atoms with Crippen LogP contribution in [0.5, 0.6) is 0 Å². The molecule has 0 bridgehead atoms. The topological polar surface area (TPSA) is 61.9 Å². The van der Waals surface area contributed by atoms with E-state index in [1.165, 1.54) is 0 Å². The third-order valence-electron chi connectivity index (χ3n) is 6.18. The third-order valence-corrected chi connectivity index (χ3v) is 6.86. The summed E-state index contributed by atoms with van der Waals surface area (Å²) < 4.78 is 6.27. The van der Waals surface area contributed by atoms with Crippen molar-refractivity contribution < 1.29 is 14.3 Å². The van der Waals surface area contributed by atoms with Crippen molar-refractivity contribution in [1.82, 2.24) is 15.1 Å². The largest absolute Gasteiger partial charge is 0.375 e. The monoisotopic (exact) mass is 405 g/mol. The molecule has 3 fully saturated rings. The zero-order chi connectivity index (χ0) is 19.7. The highest BCUT2D eigenvalue weighted by Crippen LogP contribution is 2.40. The molecule has 3 amide bonds. The Morgan fingerprint density at radius 3 is 2.61 bits per heavy atom. The summed E-state index contributed by atoms with van der Waals surface area (Å²) in [5.41, 5.74) is 0.591. The Balaban J connectivity index is 1.39. The maximum absolute atomic E-state index is 12.8. The van der Waals surface area contributed by atoms with E-state index in [-0.39, 0.29) is 29.6 Å². The summed E-state index contributed by atoms with van der Waals surface area (Å²) in [6.07, 6.45) is 5.71. The highest BCUT2D eigenvalue weighted by molar-refractivity contribution is 7.08. The fourth-order valence-corrected chi connectivity index (χ4v) is 5.21. The van der Waals surface area contributed by atoms with Crippen molar-refractivity contribution in [3.05, 3.63) is 22.4 Å². The summed E-state index contributed by atoms with van der Waals surface area (Å²) in [6.45, 7) is 6.16. The number of urea groups is 1. The molecule has 6 nitrogen and oxygen atoms in total. The number of amides is 3. The normalized spacial score (nSPS) is 24.4. The van der Waals surface area contributed by atoms with E-state index < -0.39 is 0 Å². The molecule has 0 radical (unpaired) electrons. The fraction of sp³-hybridized carbons (Fsp3) is 0.714. The van der Waals surface area contributed by atoms with Gasteiger partial charge in [-0.2, -0.15) is 11.3 Å². The molecule has 1 aliphatic carbocycles. The summed E-state index contributed by atoms with van der Waals surface area (Å²) in [5, 5.41) is 6.95. The Hall–Kier alpha value is -1.60. The van der Waals surface area contributed by atoms with Crippen LogP contribution in [0, 0.1) is 0 Å². The van der Waals surface area contributed by atoms with Crippen LogP contribution in [0.3, 0.4) is 0 Å². The number of likely N-dealkylation sites (tertiary alicyclic amines) is 1. The van der Waals surface area contributed by atoms with Gasteiger partial charge in [0.1, 0.15) is 0 Å². The molecule has 1 aromatic rings. The van der Waals surface area contributed by atoms with Gasteiger partial charge >= 0.3 is 6.03 Å². The number of ether oxygens (including phenoxy) is 1. The standard InChI is InChI=1S/C21H31N3O3S/c1-15(2)22-20(26)24(17-3-4-17)18-5-11-27-21(13-18)7-9-23(10-8-21)19(25)16-6-12-28-14-16/h6,12,14-15,17-18H,3-5,7-11,13H2,1-2H3,(H,22,26). The molecule has 28 heavy (non-hydrogen) atoms. The minimum atomic E-state index is -0.195. The van der Waals surface area contributed by atoms with E-state index >= 15 is 0 Å². The second kappa shape index (κ2) is 8.03. The van der Waals surface area contributed by atoms with E-state index in [0.29, 0.717) is 12.6 Å². The molecule has 2 saturated heterocycles. The number of hydrogen-bond acceptors (Lipinski definition) is 4. The second-order valence-corrected chi connectivity index (χ2v) is 9.50. The maximum atomic E-state index is 12.8. The third kappa shape index (κ3) is 4.20. The van der Waals surface area contributed by atoms with Gasteiger partial charge in [0, 0.05) is 43.2 Å². The van der Waals surface area contributed by atoms with E-state index in [1.54, 1.807) is 11.3 Å². The summed E-state index contributed by atoms with van der Waals surface area (Å²) >= 11 is 1.56. The molecule has 154 valence electrons. The van der Waals surface area contributed by atoms with E-state index in [4.69, 9.17) is 4.74 Å². The number of thiophene rings is 1. The van der Waals surface area contributed by atoms with Gasteiger partial charge in [-0.3, -0.25) is 4.79 Å². The molecule has 0 aromatic carbocycles. The van der Waals surface area contributed by atoms with Crippen LogP contribution in [0.4, 0.5) is 4.79 Å². The van der Waals surface area contributed by atoms with Gasteiger partial charge < -0.3 is 19.9 Å². The van der Waals surface area contributed by atoms with Gasteiger partial charge in [-0.05, 0) is 63.8 Å². The average Bonchev–Trinajstić information content (AvgIpc) is 3.32. The summed E-state index contributed by atoms with van der Waals surface area (Å²) in [6, 6.07) is 2.74. The van der Waals surface area contributed by atoms with Crippen molar-refractivity contribution in [3.8, 4) is 0 Å². The van der Waals surface area contributed by atoms with E-state index in [2.05, 4.69) is 10.2 Å². The number of rotatable bonds is 4. The van der Waals surface area contributed by atoms with Crippen LogP contribution in [0.2, 0.25) is 0 Å². The van der Waals surface area contributed by atoms with Crippen LogP contribution in [0.15, 0.2) is 16.8 Å². The Kier molecular flexibility index (Phi) is 5.65. The first kappa shape index (κ1) is 19.7. The van der Waals surface area contributed by atoms with Crippen molar-refractivity contribution in [1.29, 1.82) is 0 Å². The molecule has 3 heterocycles. The Labute approximate surface area is 171 Å². The molecule has 7 heteroatoms. The first-order valence-electron chi connectivity index (χ1n) is 10.5. The van der Waals surface area contributed by atoms with Gasteiger partial charge in [0.15, 0.2) is 0 Å². The van der Waals surface area contributed by atoms with Gasteiger partial charge in [0.05, 0.1) is 11.2 Å². The highest BCUT2D eigenvalue weighted by atomic mass is 32.1. The zero-order valence-corrected chi connectivity index (χ0v) is 17.7.